The van der Waals surface area contributed by atoms with Gasteiger partial charge in [0.2, 0.25) is 0 Å². The molecule has 1 aromatic heterocycles. The zero-order valence-corrected chi connectivity index (χ0v) is 14.5. The highest BCUT2D eigenvalue weighted by molar-refractivity contribution is 9.10. The first kappa shape index (κ1) is 14.7. The Morgan fingerprint density at radius 3 is 2.76 bits per heavy atom. The number of likely N-dealkylation sites (N-methyl/N-ethyl adjacent to an activating group) is 1. The van der Waals surface area contributed by atoms with Gasteiger partial charge in [-0.1, -0.05) is 40.2 Å². The Kier molecular flexibility index (Phi) is 4.38. The van der Waals surface area contributed by atoms with E-state index in [4.69, 9.17) is 4.98 Å². The van der Waals surface area contributed by atoms with Gasteiger partial charge in [-0.05, 0) is 43.3 Å². The Morgan fingerprint density at radius 2 is 2.05 bits per heavy atom. The molecular weight excluding hydrogens is 344 g/mol. The molecule has 0 aliphatic carbocycles. The van der Waals surface area contributed by atoms with Gasteiger partial charge in [0, 0.05) is 16.9 Å². The number of fused-ring (bicyclic) bond motifs is 1. The number of halogens is 1. The van der Waals surface area contributed by atoms with E-state index in [1.807, 2.05) is 13.1 Å². The lowest BCUT2D eigenvalue weighted by atomic mass is 10.0. The number of hydrogen-bond acceptors (Lipinski definition) is 3. The Labute approximate surface area is 137 Å². The van der Waals surface area contributed by atoms with Gasteiger partial charge in [-0.3, -0.25) is 0 Å². The molecule has 0 saturated heterocycles. The van der Waals surface area contributed by atoms with Crippen LogP contribution >= 0.6 is 27.3 Å². The van der Waals surface area contributed by atoms with Crippen LogP contribution in [-0.2, 0) is 6.42 Å². The second-order valence-electron chi connectivity index (χ2n) is 5.13. The summed E-state index contributed by atoms with van der Waals surface area (Å²) in [5.74, 6) is 0. The molecule has 2 aromatic carbocycles. The van der Waals surface area contributed by atoms with Crippen LogP contribution in [-0.4, -0.2) is 12.0 Å². The van der Waals surface area contributed by atoms with Crippen molar-refractivity contribution in [1.82, 2.24) is 10.3 Å². The largest absolute Gasteiger partial charge is 0.313 e. The smallest absolute Gasteiger partial charge is 0.0957 e. The normalized spacial score (nSPS) is 12.7. The third-order valence-corrected chi connectivity index (χ3v) is 5.58. The molecule has 0 bridgehead atoms. The molecule has 21 heavy (non-hydrogen) atoms. The van der Waals surface area contributed by atoms with Gasteiger partial charge in [0.25, 0.3) is 0 Å². The SMILES string of the molecule is CNC(Cc1nc2ccccc2s1)c1ccc(C)c(Br)c1. The van der Waals surface area contributed by atoms with Crippen molar-refractivity contribution in [2.24, 2.45) is 0 Å². The monoisotopic (exact) mass is 360 g/mol. The Morgan fingerprint density at radius 1 is 1.24 bits per heavy atom. The highest BCUT2D eigenvalue weighted by Crippen LogP contribution is 2.28. The summed E-state index contributed by atoms with van der Waals surface area (Å²) in [7, 11) is 2.01. The van der Waals surface area contributed by atoms with E-state index in [2.05, 4.69) is 64.6 Å². The molecule has 0 fully saturated rings. The number of nitrogens with zero attached hydrogens (tertiary/aromatic N) is 1. The molecule has 108 valence electrons. The number of para-hydroxylation sites is 1. The van der Waals surface area contributed by atoms with E-state index >= 15 is 0 Å². The molecule has 3 rings (SSSR count). The number of aromatic nitrogens is 1. The second-order valence-corrected chi connectivity index (χ2v) is 7.10. The number of hydrogen-bond donors (Lipinski definition) is 1. The molecule has 1 heterocycles. The maximum atomic E-state index is 4.73. The van der Waals surface area contributed by atoms with E-state index in [0.29, 0.717) is 0 Å². The van der Waals surface area contributed by atoms with Crippen molar-refractivity contribution in [3.63, 3.8) is 0 Å². The summed E-state index contributed by atoms with van der Waals surface area (Å²) >= 11 is 5.40. The molecule has 1 unspecified atom stereocenters. The van der Waals surface area contributed by atoms with Gasteiger partial charge in [-0.2, -0.15) is 0 Å². The van der Waals surface area contributed by atoms with E-state index in [9.17, 15) is 0 Å². The van der Waals surface area contributed by atoms with Gasteiger partial charge in [0.15, 0.2) is 0 Å². The van der Waals surface area contributed by atoms with E-state index in [0.717, 1.165) is 16.4 Å². The summed E-state index contributed by atoms with van der Waals surface area (Å²) in [5.41, 5.74) is 3.64. The first-order valence-electron chi connectivity index (χ1n) is 6.95. The Bertz CT molecular complexity index is 733. The molecule has 0 saturated carbocycles. The van der Waals surface area contributed by atoms with Crippen molar-refractivity contribution < 1.29 is 0 Å². The molecule has 4 heteroatoms. The number of rotatable bonds is 4. The Hall–Kier alpha value is -1.23. The van der Waals surface area contributed by atoms with Crippen LogP contribution in [0.3, 0.4) is 0 Å². The van der Waals surface area contributed by atoms with Crippen molar-refractivity contribution in [3.8, 4) is 0 Å². The third-order valence-electron chi connectivity index (χ3n) is 3.66. The van der Waals surface area contributed by atoms with Crippen molar-refractivity contribution in [2.45, 2.75) is 19.4 Å². The average Bonchev–Trinajstić information content (AvgIpc) is 2.90. The predicted molar refractivity (Wildman–Crippen MR) is 94.0 cm³/mol. The van der Waals surface area contributed by atoms with Gasteiger partial charge in [-0.25, -0.2) is 4.98 Å². The molecule has 0 spiro atoms. The standard InChI is InChI=1S/C17H17BrN2S/c1-11-7-8-12(9-13(11)18)15(19-2)10-17-20-14-5-3-4-6-16(14)21-17/h3-9,15,19H,10H2,1-2H3. The summed E-state index contributed by atoms with van der Waals surface area (Å²) in [6.07, 6.45) is 0.908. The van der Waals surface area contributed by atoms with Crippen molar-refractivity contribution in [2.75, 3.05) is 7.05 Å². The number of nitrogens with one attached hydrogen (secondary N) is 1. The van der Waals surface area contributed by atoms with Crippen LogP contribution < -0.4 is 5.32 Å². The van der Waals surface area contributed by atoms with E-state index in [-0.39, 0.29) is 6.04 Å². The van der Waals surface area contributed by atoms with Crippen LogP contribution in [0.25, 0.3) is 10.2 Å². The molecule has 0 amide bonds. The minimum Gasteiger partial charge on any atom is -0.313 e. The van der Waals surface area contributed by atoms with Crippen LogP contribution in [0.4, 0.5) is 0 Å². The number of aryl methyl sites for hydroxylation is 1. The van der Waals surface area contributed by atoms with Crippen molar-refractivity contribution in [1.29, 1.82) is 0 Å². The van der Waals surface area contributed by atoms with E-state index in [1.165, 1.54) is 20.8 Å². The fourth-order valence-corrected chi connectivity index (χ4v) is 3.80. The fraction of sp³-hybridized carbons (Fsp3) is 0.235. The highest BCUT2D eigenvalue weighted by atomic mass is 79.9. The zero-order chi connectivity index (χ0) is 14.8. The molecule has 0 radical (unpaired) electrons. The van der Waals surface area contributed by atoms with Gasteiger partial charge >= 0.3 is 0 Å². The average molecular weight is 361 g/mol. The maximum absolute atomic E-state index is 4.73. The second kappa shape index (κ2) is 6.26. The summed E-state index contributed by atoms with van der Waals surface area (Å²) in [5, 5.41) is 4.58. The molecular formula is C17H17BrN2S. The first-order valence-corrected chi connectivity index (χ1v) is 8.56. The van der Waals surface area contributed by atoms with Crippen LogP contribution in [0.2, 0.25) is 0 Å². The topological polar surface area (TPSA) is 24.9 Å². The van der Waals surface area contributed by atoms with Crippen molar-refractivity contribution >= 4 is 37.5 Å². The van der Waals surface area contributed by atoms with E-state index in [1.54, 1.807) is 11.3 Å². The lowest BCUT2D eigenvalue weighted by Gasteiger charge is -2.16. The minimum atomic E-state index is 0.280. The maximum Gasteiger partial charge on any atom is 0.0957 e. The molecule has 0 aliphatic rings. The molecule has 1 N–H and O–H groups in total. The van der Waals surface area contributed by atoms with Gasteiger partial charge in [0.05, 0.1) is 15.2 Å². The first-order chi connectivity index (χ1) is 10.2. The summed E-state index contributed by atoms with van der Waals surface area (Å²) in [6.45, 7) is 2.11. The Balaban J connectivity index is 1.88. The molecule has 1 atom stereocenters. The quantitative estimate of drug-likeness (QED) is 0.717. The van der Waals surface area contributed by atoms with Crippen LogP contribution in [0, 0.1) is 6.92 Å². The van der Waals surface area contributed by atoms with Crippen LogP contribution in [0.15, 0.2) is 46.9 Å². The zero-order valence-electron chi connectivity index (χ0n) is 12.1. The summed E-state index contributed by atoms with van der Waals surface area (Å²) < 4.78 is 2.41. The number of benzene rings is 2. The van der Waals surface area contributed by atoms with Gasteiger partial charge < -0.3 is 5.32 Å². The highest BCUT2D eigenvalue weighted by Gasteiger charge is 2.14. The fourth-order valence-electron chi connectivity index (χ4n) is 2.39. The lowest BCUT2D eigenvalue weighted by molar-refractivity contribution is 0.590. The van der Waals surface area contributed by atoms with E-state index < -0.39 is 0 Å². The van der Waals surface area contributed by atoms with Crippen molar-refractivity contribution in [3.05, 3.63) is 63.1 Å². The van der Waals surface area contributed by atoms with Crippen LogP contribution in [0.5, 0.6) is 0 Å². The summed E-state index contributed by atoms with van der Waals surface area (Å²) in [6, 6.07) is 15.1. The molecule has 0 aliphatic heterocycles. The number of thiazole rings is 1. The minimum absolute atomic E-state index is 0.280. The summed E-state index contributed by atoms with van der Waals surface area (Å²) in [4.78, 5) is 4.73. The van der Waals surface area contributed by atoms with Gasteiger partial charge in [0.1, 0.15) is 0 Å². The predicted octanol–water partition coefficient (Wildman–Crippen LogP) is 4.87. The van der Waals surface area contributed by atoms with Crippen LogP contribution in [0.1, 0.15) is 22.2 Å². The lowest BCUT2D eigenvalue weighted by Crippen LogP contribution is -2.18. The molecule has 2 nitrogen and oxygen atoms in total. The third kappa shape index (κ3) is 3.18. The molecule has 3 aromatic rings. The van der Waals surface area contributed by atoms with Gasteiger partial charge in [-0.15, -0.1) is 11.3 Å².